The summed E-state index contributed by atoms with van der Waals surface area (Å²) in [6.07, 6.45) is 0.142. The van der Waals surface area contributed by atoms with Crippen molar-refractivity contribution in [1.82, 2.24) is 20.5 Å². The summed E-state index contributed by atoms with van der Waals surface area (Å²) in [6.45, 7) is 9.75. The number of nitrogens with two attached hydrogens (primary N) is 1. The number of aromatic amines is 1. The molecule has 0 aliphatic heterocycles. The second-order valence-electron chi connectivity index (χ2n) is 8.98. The quantitative estimate of drug-likeness (QED) is 0.0829. The fourth-order valence-corrected chi connectivity index (χ4v) is 3.63. The number of H-pyrrole nitrogens is 1. The number of hydrogen-bond donors (Lipinski definition) is 5. The number of esters is 1. The number of carbonyl (C=O) groups excluding carboxylic acids is 5. The highest BCUT2D eigenvalue weighted by Gasteiger charge is 2.27. The van der Waals surface area contributed by atoms with Crippen LogP contribution in [0.25, 0.3) is 0 Å². The van der Waals surface area contributed by atoms with E-state index in [1.807, 2.05) is 13.8 Å². The second kappa shape index (κ2) is 15.2. The summed E-state index contributed by atoms with van der Waals surface area (Å²) < 4.78 is 9.73. The Morgan fingerprint density at radius 3 is 2.46 bits per heavy atom. The number of ether oxygens (including phenoxy) is 2. The molecule has 0 saturated carbocycles. The first-order valence-electron chi connectivity index (χ1n) is 13.0. The molecule has 0 aliphatic rings. The second-order valence-corrected chi connectivity index (χ2v) is 8.98. The molecular weight excluding hydrogens is 534 g/mol. The molecule has 0 fully saturated rings. The number of rotatable bonds is 12. The predicted octanol–water partition coefficient (Wildman–Crippen LogP) is 1.78. The summed E-state index contributed by atoms with van der Waals surface area (Å²) in [5.41, 5.74) is 8.98. The first-order chi connectivity index (χ1) is 19.4. The molecule has 1 aromatic carbocycles. The molecule has 0 bridgehead atoms. The molecule has 1 heterocycles. The van der Waals surface area contributed by atoms with E-state index in [9.17, 15) is 24.0 Å². The maximum absolute atomic E-state index is 13.3. The standard InChI is InChI=1S/C27H37N7O7/c1-7-29-24(36)19-10-9-15(3)21(11-19)33-23(32-18(6)28)22-16(4)20(12-30-22)25(37)34(8-2)27(39)41-14-40-26(38)17(5)31-13-35/h9-13,17-18,30H,7-8,14,28H2,1-6H3,(H,29,36)(H,31,35)(H,32,33). The minimum absolute atomic E-state index is 0.0283. The Morgan fingerprint density at radius 1 is 1.15 bits per heavy atom. The number of benzene rings is 1. The van der Waals surface area contributed by atoms with Crippen molar-refractivity contribution in [2.75, 3.05) is 25.2 Å². The molecule has 2 aromatic rings. The van der Waals surface area contributed by atoms with Crippen LogP contribution in [0.4, 0.5) is 10.5 Å². The van der Waals surface area contributed by atoms with E-state index >= 15 is 0 Å². The molecular formula is C27H37N7O7. The van der Waals surface area contributed by atoms with Crippen molar-refractivity contribution in [1.29, 1.82) is 0 Å². The zero-order valence-electron chi connectivity index (χ0n) is 24.0. The first kappa shape index (κ1) is 32.5. The third-order valence-corrected chi connectivity index (χ3v) is 5.87. The number of imide groups is 1. The molecule has 1 aromatic heterocycles. The van der Waals surface area contributed by atoms with Gasteiger partial charge in [-0.2, -0.15) is 0 Å². The van der Waals surface area contributed by atoms with E-state index in [1.165, 1.54) is 13.1 Å². The van der Waals surface area contributed by atoms with Gasteiger partial charge in [0.05, 0.1) is 17.4 Å². The highest BCUT2D eigenvalue weighted by Crippen LogP contribution is 2.22. The molecule has 14 heteroatoms. The van der Waals surface area contributed by atoms with Gasteiger partial charge in [0.2, 0.25) is 13.2 Å². The summed E-state index contributed by atoms with van der Waals surface area (Å²) >= 11 is 0. The molecule has 41 heavy (non-hydrogen) atoms. The van der Waals surface area contributed by atoms with Crippen molar-refractivity contribution >= 4 is 41.8 Å². The highest BCUT2D eigenvalue weighted by atomic mass is 16.7. The number of amides is 4. The van der Waals surface area contributed by atoms with Crippen LogP contribution in [0, 0.1) is 13.8 Å². The molecule has 222 valence electrons. The average Bonchev–Trinajstić information content (AvgIpc) is 3.30. The topological polar surface area (TPSA) is 197 Å². The van der Waals surface area contributed by atoms with Crippen LogP contribution >= 0.6 is 0 Å². The van der Waals surface area contributed by atoms with Gasteiger partial charge in [0.25, 0.3) is 11.8 Å². The zero-order chi connectivity index (χ0) is 30.7. The number of aliphatic imine (C=N–C) groups is 1. The summed E-state index contributed by atoms with van der Waals surface area (Å²) in [5, 5.41) is 8.19. The van der Waals surface area contributed by atoms with E-state index in [4.69, 9.17) is 15.2 Å². The minimum atomic E-state index is -1.02. The Labute approximate surface area is 238 Å². The summed E-state index contributed by atoms with van der Waals surface area (Å²) in [5.74, 6) is -1.37. The Bertz CT molecular complexity index is 1300. The Balaban J connectivity index is 2.27. The van der Waals surface area contributed by atoms with Gasteiger partial charge in [0.1, 0.15) is 6.04 Å². The lowest BCUT2D eigenvalue weighted by atomic mass is 10.1. The average molecular weight is 572 g/mol. The maximum Gasteiger partial charge on any atom is 0.419 e. The van der Waals surface area contributed by atoms with Gasteiger partial charge in [-0.1, -0.05) is 6.07 Å². The lowest BCUT2D eigenvalue weighted by Crippen LogP contribution is -2.39. The number of hydrogen-bond acceptors (Lipinski definition) is 9. The van der Waals surface area contributed by atoms with Crippen LogP contribution in [0.2, 0.25) is 0 Å². The summed E-state index contributed by atoms with van der Waals surface area (Å²) in [6, 6.07) is 4.27. The van der Waals surface area contributed by atoms with Crippen LogP contribution in [0.15, 0.2) is 29.4 Å². The van der Waals surface area contributed by atoms with Crippen molar-refractivity contribution in [3.8, 4) is 0 Å². The van der Waals surface area contributed by atoms with E-state index in [1.54, 1.807) is 39.0 Å². The molecule has 6 N–H and O–H groups in total. The monoisotopic (exact) mass is 571 g/mol. The fourth-order valence-electron chi connectivity index (χ4n) is 3.63. The van der Waals surface area contributed by atoms with Crippen LogP contribution in [-0.2, 0) is 19.1 Å². The van der Waals surface area contributed by atoms with E-state index in [0.717, 1.165) is 10.5 Å². The Hall–Kier alpha value is -4.72. The van der Waals surface area contributed by atoms with Crippen molar-refractivity contribution in [2.24, 2.45) is 10.7 Å². The summed E-state index contributed by atoms with van der Waals surface area (Å²) in [7, 11) is 0. The van der Waals surface area contributed by atoms with Gasteiger partial charge in [-0.05, 0) is 64.8 Å². The lowest BCUT2D eigenvalue weighted by molar-refractivity contribution is -0.154. The Kier molecular flexibility index (Phi) is 12.0. The van der Waals surface area contributed by atoms with E-state index in [-0.39, 0.29) is 18.0 Å². The number of nitrogens with zero attached hydrogens (tertiary/aromatic N) is 2. The normalized spacial score (nSPS) is 12.5. The summed E-state index contributed by atoms with van der Waals surface area (Å²) in [4.78, 5) is 68.8. The SMILES string of the molecule is CCNC(=O)c1ccc(C)c(N/C(=N/C(C)N)c2[nH]cc(C(=O)N(CC)C(=O)OCOC(=O)C(C)NC=O)c2C)c1. The maximum atomic E-state index is 13.3. The first-order valence-corrected chi connectivity index (χ1v) is 13.0. The van der Waals surface area contributed by atoms with Crippen LogP contribution in [-0.4, -0.2) is 78.1 Å². The number of aromatic nitrogens is 1. The van der Waals surface area contributed by atoms with Gasteiger partial charge < -0.3 is 36.1 Å². The van der Waals surface area contributed by atoms with Gasteiger partial charge >= 0.3 is 12.1 Å². The number of aryl methyl sites for hydroxylation is 1. The minimum Gasteiger partial charge on any atom is -0.426 e. The Morgan fingerprint density at radius 2 is 1.85 bits per heavy atom. The molecule has 0 radical (unpaired) electrons. The third-order valence-electron chi connectivity index (χ3n) is 5.87. The van der Waals surface area contributed by atoms with Crippen molar-refractivity contribution < 1.29 is 33.4 Å². The van der Waals surface area contributed by atoms with E-state index in [0.29, 0.717) is 41.3 Å². The van der Waals surface area contributed by atoms with Gasteiger partial charge in [0, 0.05) is 30.5 Å². The fraction of sp³-hybridized carbons (Fsp3) is 0.407. The zero-order valence-corrected chi connectivity index (χ0v) is 24.0. The molecule has 2 unspecified atom stereocenters. The van der Waals surface area contributed by atoms with E-state index in [2.05, 4.69) is 25.9 Å². The predicted molar refractivity (Wildman–Crippen MR) is 151 cm³/mol. The third kappa shape index (κ3) is 8.63. The van der Waals surface area contributed by atoms with Crippen LogP contribution in [0.3, 0.4) is 0 Å². The lowest BCUT2D eigenvalue weighted by Gasteiger charge is -2.19. The van der Waals surface area contributed by atoms with Crippen molar-refractivity contribution in [3.05, 3.63) is 52.3 Å². The van der Waals surface area contributed by atoms with Gasteiger partial charge in [0.15, 0.2) is 5.84 Å². The number of amidine groups is 1. The van der Waals surface area contributed by atoms with Crippen LogP contribution in [0.1, 0.15) is 65.2 Å². The van der Waals surface area contributed by atoms with Crippen LogP contribution < -0.4 is 21.7 Å². The van der Waals surface area contributed by atoms with Crippen molar-refractivity contribution in [3.63, 3.8) is 0 Å². The van der Waals surface area contributed by atoms with Gasteiger partial charge in [-0.3, -0.25) is 14.4 Å². The van der Waals surface area contributed by atoms with Gasteiger partial charge in [-0.25, -0.2) is 19.5 Å². The van der Waals surface area contributed by atoms with Gasteiger partial charge in [-0.15, -0.1) is 0 Å². The largest absolute Gasteiger partial charge is 0.426 e. The molecule has 0 aliphatic carbocycles. The number of nitrogens with one attached hydrogen (secondary N) is 4. The molecule has 2 atom stereocenters. The smallest absolute Gasteiger partial charge is 0.419 e. The molecule has 4 amide bonds. The van der Waals surface area contributed by atoms with Crippen molar-refractivity contribution in [2.45, 2.75) is 53.8 Å². The van der Waals surface area contributed by atoms with Crippen LogP contribution in [0.5, 0.6) is 0 Å². The highest BCUT2D eigenvalue weighted by molar-refractivity contribution is 6.12. The molecule has 14 nitrogen and oxygen atoms in total. The molecule has 0 spiro atoms. The molecule has 0 saturated heterocycles. The number of carbonyl (C=O) groups is 5. The number of anilines is 1. The molecule has 2 rings (SSSR count). The van der Waals surface area contributed by atoms with E-state index < -0.39 is 37.0 Å².